The zero-order chi connectivity index (χ0) is 16.8. The van der Waals surface area contributed by atoms with E-state index in [0.717, 1.165) is 0 Å². The standard InChI is InChI=1S/C17H25FN2O2/c1-13(21)20(12-10-16(22)19-17(2,3)4)11-9-14-7-5-6-8-15(14)18/h5-8H,9-12H2,1-4H3,(H,19,22). The fourth-order valence-corrected chi connectivity index (χ4v) is 2.10. The third-order valence-electron chi connectivity index (χ3n) is 3.18. The number of rotatable bonds is 6. The topological polar surface area (TPSA) is 49.4 Å². The first kappa shape index (κ1) is 18.1. The van der Waals surface area contributed by atoms with Gasteiger partial charge in [-0.25, -0.2) is 4.39 Å². The second-order valence-corrected chi connectivity index (χ2v) is 6.40. The number of halogens is 1. The first-order chi connectivity index (χ1) is 10.2. The molecule has 1 N–H and O–H groups in total. The molecule has 0 atom stereocenters. The maximum atomic E-state index is 13.6. The lowest BCUT2D eigenvalue weighted by atomic mass is 10.1. The summed E-state index contributed by atoms with van der Waals surface area (Å²) in [5.41, 5.74) is 0.290. The number of amides is 2. The van der Waals surface area contributed by atoms with Crippen LogP contribution in [0, 0.1) is 5.82 Å². The molecule has 1 aromatic carbocycles. The van der Waals surface area contributed by atoms with Gasteiger partial charge in [-0.2, -0.15) is 0 Å². The highest BCUT2D eigenvalue weighted by molar-refractivity contribution is 5.78. The Morgan fingerprint density at radius 2 is 1.82 bits per heavy atom. The molecule has 0 aliphatic carbocycles. The molecule has 0 radical (unpaired) electrons. The molecule has 122 valence electrons. The molecular weight excluding hydrogens is 283 g/mol. The van der Waals surface area contributed by atoms with Gasteiger partial charge < -0.3 is 10.2 Å². The summed E-state index contributed by atoms with van der Waals surface area (Å²) in [5, 5.41) is 2.86. The second-order valence-electron chi connectivity index (χ2n) is 6.40. The van der Waals surface area contributed by atoms with E-state index in [-0.39, 0.29) is 29.6 Å². The fourth-order valence-electron chi connectivity index (χ4n) is 2.10. The van der Waals surface area contributed by atoms with Crippen LogP contribution >= 0.6 is 0 Å². The molecule has 0 aliphatic rings. The van der Waals surface area contributed by atoms with Gasteiger partial charge in [-0.3, -0.25) is 9.59 Å². The van der Waals surface area contributed by atoms with Crippen molar-refractivity contribution in [1.29, 1.82) is 0 Å². The van der Waals surface area contributed by atoms with E-state index in [1.165, 1.54) is 13.0 Å². The highest BCUT2D eigenvalue weighted by Crippen LogP contribution is 2.08. The third kappa shape index (κ3) is 6.70. The molecule has 2 amide bonds. The van der Waals surface area contributed by atoms with Gasteiger partial charge in [0.2, 0.25) is 11.8 Å². The molecule has 0 fully saturated rings. The lowest BCUT2D eigenvalue weighted by Crippen LogP contribution is -2.42. The van der Waals surface area contributed by atoms with Crippen LogP contribution in [0.1, 0.15) is 39.7 Å². The Bertz CT molecular complexity index is 524. The van der Waals surface area contributed by atoms with Crippen molar-refractivity contribution in [2.24, 2.45) is 0 Å². The highest BCUT2D eigenvalue weighted by Gasteiger charge is 2.16. The smallest absolute Gasteiger partial charge is 0.222 e. The van der Waals surface area contributed by atoms with E-state index in [1.807, 2.05) is 20.8 Å². The normalized spacial score (nSPS) is 11.1. The van der Waals surface area contributed by atoms with Gasteiger partial charge in [0.1, 0.15) is 5.82 Å². The van der Waals surface area contributed by atoms with Crippen LogP contribution in [-0.2, 0) is 16.0 Å². The van der Waals surface area contributed by atoms with Crippen LogP contribution in [0.15, 0.2) is 24.3 Å². The Kier molecular flexibility index (Phi) is 6.53. The van der Waals surface area contributed by atoms with Crippen molar-refractivity contribution in [3.8, 4) is 0 Å². The van der Waals surface area contributed by atoms with Crippen LogP contribution in [-0.4, -0.2) is 35.3 Å². The number of benzene rings is 1. The number of nitrogens with zero attached hydrogens (tertiary/aromatic N) is 1. The minimum Gasteiger partial charge on any atom is -0.351 e. The van der Waals surface area contributed by atoms with E-state index < -0.39 is 0 Å². The summed E-state index contributed by atoms with van der Waals surface area (Å²) >= 11 is 0. The second kappa shape index (κ2) is 7.92. The van der Waals surface area contributed by atoms with Crippen LogP contribution < -0.4 is 5.32 Å². The number of carbonyl (C=O) groups is 2. The number of nitrogens with one attached hydrogen (secondary N) is 1. The first-order valence-corrected chi connectivity index (χ1v) is 7.49. The Morgan fingerprint density at radius 1 is 1.18 bits per heavy atom. The molecule has 0 saturated heterocycles. The van der Waals surface area contributed by atoms with Gasteiger partial charge in [-0.05, 0) is 38.8 Å². The van der Waals surface area contributed by atoms with E-state index in [1.54, 1.807) is 23.1 Å². The highest BCUT2D eigenvalue weighted by atomic mass is 19.1. The van der Waals surface area contributed by atoms with Crippen LogP contribution in [0.2, 0.25) is 0 Å². The minimum atomic E-state index is -0.286. The molecular formula is C17H25FN2O2. The summed E-state index contributed by atoms with van der Waals surface area (Å²) in [6, 6.07) is 6.52. The lowest BCUT2D eigenvalue weighted by molar-refractivity contribution is -0.129. The van der Waals surface area contributed by atoms with Crippen molar-refractivity contribution in [3.63, 3.8) is 0 Å². The van der Waals surface area contributed by atoms with Gasteiger partial charge in [0.25, 0.3) is 0 Å². The van der Waals surface area contributed by atoms with E-state index in [2.05, 4.69) is 5.32 Å². The molecule has 4 nitrogen and oxygen atoms in total. The summed E-state index contributed by atoms with van der Waals surface area (Å²) in [5.74, 6) is -0.471. The van der Waals surface area contributed by atoms with Gasteiger partial charge >= 0.3 is 0 Å². The Morgan fingerprint density at radius 3 is 2.36 bits per heavy atom. The molecule has 22 heavy (non-hydrogen) atoms. The van der Waals surface area contributed by atoms with Gasteiger partial charge in [0, 0.05) is 32.0 Å². The Balaban J connectivity index is 2.51. The van der Waals surface area contributed by atoms with Gasteiger partial charge in [-0.15, -0.1) is 0 Å². The molecule has 1 rings (SSSR count). The quantitative estimate of drug-likeness (QED) is 0.878. The molecule has 1 aromatic rings. The Hall–Kier alpha value is -1.91. The van der Waals surface area contributed by atoms with E-state index in [0.29, 0.717) is 25.1 Å². The van der Waals surface area contributed by atoms with Crippen LogP contribution in [0.25, 0.3) is 0 Å². The summed E-state index contributed by atoms with van der Waals surface area (Å²) in [6.07, 6.45) is 0.682. The molecule has 5 heteroatoms. The summed E-state index contributed by atoms with van der Waals surface area (Å²) in [4.78, 5) is 25.0. The van der Waals surface area contributed by atoms with Crippen molar-refractivity contribution in [1.82, 2.24) is 10.2 Å². The molecule has 0 saturated carbocycles. The zero-order valence-electron chi connectivity index (χ0n) is 13.8. The average molecular weight is 308 g/mol. The SMILES string of the molecule is CC(=O)N(CCC(=O)NC(C)(C)C)CCc1ccccc1F. The van der Waals surface area contributed by atoms with Crippen molar-refractivity contribution < 1.29 is 14.0 Å². The average Bonchev–Trinajstić information content (AvgIpc) is 2.38. The fraction of sp³-hybridized carbons (Fsp3) is 0.529. The van der Waals surface area contributed by atoms with Crippen molar-refractivity contribution in [2.75, 3.05) is 13.1 Å². The van der Waals surface area contributed by atoms with Gasteiger partial charge in [-0.1, -0.05) is 18.2 Å². The number of hydrogen-bond acceptors (Lipinski definition) is 2. The van der Waals surface area contributed by atoms with Crippen molar-refractivity contribution in [3.05, 3.63) is 35.6 Å². The first-order valence-electron chi connectivity index (χ1n) is 7.49. The van der Waals surface area contributed by atoms with Crippen LogP contribution in [0.4, 0.5) is 4.39 Å². The van der Waals surface area contributed by atoms with E-state index >= 15 is 0 Å². The Labute approximate surface area is 131 Å². The van der Waals surface area contributed by atoms with E-state index in [9.17, 15) is 14.0 Å². The minimum absolute atomic E-state index is 0.0929. The largest absolute Gasteiger partial charge is 0.351 e. The van der Waals surface area contributed by atoms with Gasteiger partial charge in [0.15, 0.2) is 0 Å². The zero-order valence-corrected chi connectivity index (χ0v) is 13.8. The molecule has 0 heterocycles. The van der Waals surface area contributed by atoms with Crippen molar-refractivity contribution in [2.45, 2.75) is 46.1 Å². The predicted molar refractivity (Wildman–Crippen MR) is 84.9 cm³/mol. The monoisotopic (exact) mass is 308 g/mol. The molecule has 0 aliphatic heterocycles. The molecule has 0 bridgehead atoms. The summed E-state index contributed by atoms with van der Waals surface area (Å²) in [7, 11) is 0. The number of hydrogen-bond donors (Lipinski definition) is 1. The molecule has 0 spiro atoms. The molecule has 0 unspecified atom stereocenters. The maximum Gasteiger partial charge on any atom is 0.222 e. The predicted octanol–water partition coefficient (Wildman–Crippen LogP) is 2.52. The van der Waals surface area contributed by atoms with E-state index in [4.69, 9.17) is 0 Å². The third-order valence-corrected chi connectivity index (χ3v) is 3.18. The lowest BCUT2D eigenvalue weighted by Gasteiger charge is -2.24. The molecule has 0 aromatic heterocycles. The van der Waals surface area contributed by atoms with Crippen molar-refractivity contribution >= 4 is 11.8 Å². The summed E-state index contributed by atoms with van der Waals surface area (Å²) < 4.78 is 13.6. The number of carbonyl (C=O) groups excluding carboxylic acids is 2. The maximum absolute atomic E-state index is 13.6. The van der Waals surface area contributed by atoms with Crippen LogP contribution in [0.3, 0.4) is 0 Å². The summed E-state index contributed by atoms with van der Waals surface area (Å²) in [6.45, 7) is 7.93. The van der Waals surface area contributed by atoms with Crippen LogP contribution in [0.5, 0.6) is 0 Å². The van der Waals surface area contributed by atoms with Gasteiger partial charge in [0.05, 0.1) is 0 Å².